The summed E-state index contributed by atoms with van der Waals surface area (Å²) < 4.78 is 6.21. The summed E-state index contributed by atoms with van der Waals surface area (Å²) in [7, 11) is 1.89. The first kappa shape index (κ1) is 20.1. The second-order valence-electron chi connectivity index (χ2n) is 7.41. The molecular weight excluding hydrogens is 472 g/mol. The van der Waals surface area contributed by atoms with Crippen LogP contribution in [-0.4, -0.2) is 40.1 Å². The van der Waals surface area contributed by atoms with E-state index in [-0.39, 0.29) is 11.6 Å². The Morgan fingerprint density at radius 3 is 2.78 bits per heavy atom. The molecule has 0 atom stereocenters. The van der Waals surface area contributed by atoms with Gasteiger partial charge in [0.1, 0.15) is 0 Å². The van der Waals surface area contributed by atoms with Gasteiger partial charge in [-0.1, -0.05) is 12.1 Å². The minimum Gasteiger partial charge on any atom is -0.321 e. The largest absolute Gasteiger partial charge is 0.321 e. The monoisotopic (exact) mass is 490 g/mol. The summed E-state index contributed by atoms with van der Waals surface area (Å²) in [5, 5.41) is 16.0. The van der Waals surface area contributed by atoms with Gasteiger partial charge in [0.2, 0.25) is 0 Å². The molecule has 0 saturated heterocycles. The molecule has 4 aromatic heterocycles. The van der Waals surface area contributed by atoms with Crippen LogP contribution >= 0.6 is 15.9 Å². The third-order valence-electron chi connectivity index (χ3n) is 5.23. The lowest BCUT2D eigenvalue weighted by molar-refractivity contribution is 0.102. The number of benzene rings is 1. The topological polar surface area (TPSA) is 94.9 Å². The second kappa shape index (κ2) is 8.04. The van der Waals surface area contributed by atoms with Gasteiger partial charge in [0.25, 0.3) is 5.91 Å². The van der Waals surface area contributed by atoms with Crippen molar-refractivity contribution in [3.63, 3.8) is 0 Å². The summed E-state index contributed by atoms with van der Waals surface area (Å²) in [6, 6.07) is 11.2. The lowest BCUT2D eigenvalue weighted by atomic mass is 10.2. The number of fused-ring (bicyclic) bond motifs is 1. The molecule has 0 bridgehead atoms. The molecule has 4 heterocycles. The van der Waals surface area contributed by atoms with Crippen molar-refractivity contribution in [2.24, 2.45) is 7.05 Å². The molecule has 1 N–H and O–H groups in total. The molecule has 0 aliphatic carbocycles. The molecule has 5 aromatic rings. The van der Waals surface area contributed by atoms with E-state index in [1.807, 2.05) is 55.2 Å². The second-order valence-corrected chi connectivity index (χ2v) is 8.32. The molecule has 160 valence electrons. The maximum Gasteiger partial charge on any atom is 0.276 e. The van der Waals surface area contributed by atoms with Gasteiger partial charge in [-0.05, 0) is 46.6 Å². The van der Waals surface area contributed by atoms with Gasteiger partial charge in [0.15, 0.2) is 11.3 Å². The summed E-state index contributed by atoms with van der Waals surface area (Å²) in [4.78, 5) is 17.3. The number of hydrogen-bond acceptors (Lipinski definition) is 5. The van der Waals surface area contributed by atoms with E-state index in [0.29, 0.717) is 17.9 Å². The number of nitrogens with one attached hydrogen (secondary N) is 1. The molecule has 5 rings (SSSR count). The van der Waals surface area contributed by atoms with Gasteiger partial charge < -0.3 is 5.32 Å². The Balaban J connectivity index is 1.40. The van der Waals surface area contributed by atoms with Crippen molar-refractivity contribution < 1.29 is 4.79 Å². The number of aromatic nitrogens is 7. The highest BCUT2D eigenvalue weighted by atomic mass is 79.9. The third-order valence-corrected chi connectivity index (χ3v) is 5.64. The van der Waals surface area contributed by atoms with Crippen LogP contribution in [0.5, 0.6) is 0 Å². The standard InChI is InChI=1S/C22H19BrN8O/c1-14-18(11-25-29(14)2)20-6-7-24-21-9-19(28-31(20)21)22(32)27-17-5-3-4-15(8-17)12-30-13-16(23)10-26-30/h3-11,13H,12H2,1-2H3,(H,27,32). The molecule has 0 radical (unpaired) electrons. The molecule has 32 heavy (non-hydrogen) atoms. The minimum absolute atomic E-state index is 0.285. The van der Waals surface area contributed by atoms with E-state index in [9.17, 15) is 4.79 Å². The molecule has 1 amide bonds. The van der Waals surface area contributed by atoms with Crippen LogP contribution in [0, 0.1) is 6.92 Å². The third kappa shape index (κ3) is 3.80. The van der Waals surface area contributed by atoms with E-state index >= 15 is 0 Å². The Labute approximate surface area is 191 Å². The van der Waals surface area contributed by atoms with Crippen molar-refractivity contribution in [1.82, 2.24) is 34.2 Å². The van der Waals surface area contributed by atoms with Crippen LogP contribution < -0.4 is 5.32 Å². The molecule has 10 heteroatoms. The molecule has 0 unspecified atom stereocenters. The van der Waals surface area contributed by atoms with Gasteiger partial charge in [0, 0.05) is 42.5 Å². The zero-order valence-electron chi connectivity index (χ0n) is 17.4. The Bertz CT molecular complexity index is 1450. The van der Waals surface area contributed by atoms with Crippen LogP contribution in [0.4, 0.5) is 5.69 Å². The Kier molecular flexibility index (Phi) is 5.06. The number of carbonyl (C=O) groups excluding carboxylic acids is 1. The Morgan fingerprint density at radius 1 is 1.16 bits per heavy atom. The van der Waals surface area contributed by atoms with Gasteiger partial charge in [-0.15, -0.1) is 0 Å². The predicted molar refractivity (Wildman–Crippen MR) is 123 cm³/mol. The van der Waals surface area contributed by atoms with E-state index in [4.69, 9.17) is 0 Å². The van der Waals surface area contributed by atoms with E-state index < -0.39 is 0 Å². The smallest absolute Gasteiger partial charge is 0.276 e. The van der Waals surface area contributed by atoms with Crippen molar-refractivity contribution in [1.29, 1.82) is 0 Å². The Hall–Kier alpha value is -3.79. The molecule has 0 aliphatic heterocycles. The Morgan fingerprint density at radius 2 is 2.03 bits per heavy atom. The molecule has 9 nitrogen and oxygen atoms in total. The van der Waals surface area contributed by atoms with Gasteiger partial charge in [-0.3, -0.25) is 14.2 Å². The summed E-state index contributed by atoms with van der Waals surface area (Å²) in [6.45, 7) is 2.59. The zero-order chi connectivity index (χ0) is 22.2. The number of hydrogen-bond donors (Lipinski definition) is 1. The first-order chi connectivity index (χ1) is 15.5. The summed E-state index contributed by atoms with van der Waals surface area (Å²) in [6.07, 6.45) is 7.13. The molecule has 0 saturated carbocycles. The fourth-order valence-electron chi connectivity index (χ4n) is 3.51. The molecule has 0 fully saturated rings. The number of carbonyl (C=O) groups is 1. The predicted octanol–water partition coefficient (Wildman–Crippen LogP) is 3.70. The van der Waals surface area contributed by atoms with Crippen molar-refractivity contribution in [3.8, 4) is 11.3 Å². The summed E-state index contributed by atoms with van der Waals surface area (Å²) in [5.41, 5.74) is 5.35. The van der Waals surface area contributed by atoms with Crippen LogP contribution in [0.2, 0.25) is 0 Å². The van der Waals surface area contributed by atoms with Crippen LogP contribution in [-0.2, 0) is 13.6 Å². The summed E-state index contributed by atoms with van der Waals surface area (Å²) in [5.74, 6) is -0.302. The molecule has 0 spiro atoms. The number of nitrogens with zero attached hydrogens (tertiary/aromatic N) is 7. The van der Waals surface area contributed by atoms with E-state index in [2.05, 4.69) is 41.5 Å². The van der Waals surface area contributed by atoms with Crippen LogP contribution in [0.3, 0.4) is 0 Å². The molecular formula is C22H19BrN8O. The van der Waals surface area contributed by atoms with Gasteiger partial charge >= 0.3 is 0 Å². The quantitative estimate of drug-likeness (QED) is 0.405. The first-order valence-corrected chi connectivity index (χ1v) is 10.7. The average molecular weight is 491 g/mol. The number of halogens is 1. The number of aryl methyl sites for hydroxylation is 1. The molecule has 0 aliphatic rings. The van der Waals surface area contributed by atoms with Gasteiger partial charge in [-0.2, -0.15) is 15.3 Å². The average Bonchev–Trinajstić information content (AvgIpc) is 3.48. The highest BCUT2D eigenvalue weighted by Crippen LogP contribution is 2.23. The number of amides is 1. The maximum atomic E-state index is 12.9. The van der Waals surface area contributed by atoms with E-state index in [1.54, 1.807) is 33.9 Å². The normalized spacial score (nSPS) is 11.2. The fourth-order valence-corrected chi connectivity index (χ4v) is 3.84. The van der Waals surface area contributed by atoms with Crippen molar-refractivity contribution in [2.75, 3.05) is 5.32 Å². The fraction of sp³-hybridized carbons (Fsp3) is 0.136. The van der Waals surface area contributed by atoms with Crippen molar-refractivity contribution in [2.45, 2.75) is 13.5 Å². The SMILES string of the molecule is Cc1c(-c2ccnc3cc(C(=O)Nc4cccc(Cn5cc(Br)cn5)c4)nn23)cnn1C. The van der Waals surface area contributed by atoms with Crippen LogP contribution in [0.1, 0.15) is 21.7 Å². The number of rotatable bonds is 5. The van der Waals surface area contributed by atoms with E-state index in [1.165, 1.54) is 0 Å². The lowest BCUT2D eigenvalue weighted by Crippen LogP contribution is -2.13. The van der Waals surface area contributed by atoms with E-state index in [0.717, 1.165) is 27.0 Å². The summed E-state index contributed by atoms with van der Waals surface area (Å²) >= 11 is 3.40. The first-order valence-electron chi connectivity index (χ1n) is 9.90. The highest BCUT2D eigenvalue weighted by molar-refractivity contribution is 9.10. The van der Waals surface area contributed by atoms with Crippen LogP contribution in [0.15, 0.2) is 65.7 Å². The van der Waals surface area contributed by atoms with Gasteiger partial charge in [-0.25, -0.2) is 9.50 Å². The maximum absolute atomic E-state index is 12.9. The number of anilines is 1. The van der Waals surface area contributed by atoms with Crippen molar-refractivity contribution >= 4 is 33.2 Å². The molecule has 1 aromatic carbocycles. The minimum atomic E-state index is -0.302. The zero-order valence-corrected chi connectivity index (χ0v) is 19.0. The lowest BCUT2D eigenvalue weighted by Gasteiger charge is -2.07. The van der Waals surface area contributed by atoms with Gasteiger partial charge in [0.05, 0.1) is 29.1 Å². The van der Waals surface area contributed by atoms with Crippen LogP contribution in [0.25, 0.3) is 16.9 Å². The highest BCUT2D eigenvalue weighted by Gasteiger charge is 2.16. The van der Waals surface area contributed by atoms with Crippen molar-refractivity contribution in [3.05, 3.63) is 82.6 Å².